The maximum atomic E-state index is 14.5. The number of carbonyl (C=O) groups excluding carboxylic acids is 2. The lowest BCUT2D eigenvalue weighted by Gasteiger charge is -2.36. The van der Waals surface area contributed by atoms with Crippen molar-refractivity contribution in [2.24, 2.45) is 5.73 Å². The van der Waals surface area contributed by atoms with Gasteiger partial charge in [-0.3, -0.25) is 9.59 Å². The van der Waals surface area contributed by atoms with Crippen LogP contribution in [0.2, 0.25) is 0 Å². The number of halogens is 3. The average molecular weight is 393 g/mol. The van der Waals surface area contributed by atoms with Crippen LogP contribution in [0.1, 0.15) is 24.2 Å². The lowest BCUT2D eigenvalue weighted by Crippen LogP contribution is -2.54. The van der Waals surface area contributed by atoms with Crippen LogP contribution in [0, 0.1) is 11.3 Å². The second-order valence-electron chi connectivity index (χ2n) is 5.97. The van der Waals surface area contributed by atoms with Gasteiger partial charge in [0.05, 0.1) is 17.7 Å². The summed E-state index contributed by atoms with van der Waals surface area (Å²) in [5.41, 5.74) is 0.306. The molecule has 0 saturated heterocycles. The molecule has 1 aliphatic rings. The maximum Gasteiger partial charge on any atom is 0.414 e. The van der Waals surface area contributed by atoms with E-state index in [-0.39, 0.29) is 17.5 Å². The SMILES string of the molecule is CCOC(=O)[C@@]1(C(F)(F)F)C(C#N)=C(N)Oc2c1c1ccccc1n2C(C)=O. The number of carbonyl (C=O) groups is 2. The number of esters is 1. The molecule has 7 nitrogen and oxygen atoms in total. The van der Waals surface area contributed by atoms with Gasteiger partial charge in [-0.05, 0) is 13.0 Å². The fourth-order valence-electron chi connectivity index (χ4n) is 3.43. The van der Waals surface area contributed by atoms with Crippen LogP contribution in [-0.4, -0.2) is 29.2 Å². The Hall–Kier alpha value is -3.48. The van der Waals surface area contributed by atoms with E-state index in [1.807, 2.05) is 0 Å². The lowest BCUT2D eigenvalue weighted by molar-refractivity contribution is -0.201. The van der Waals surface area contributed by atoms with Crippen LogP contribution in [-0.2, 0) is 14.9 Å². The molecule has 1 aromatic carbocycles. The van der Waals surface area contributed by atoms with Gasteiger partial charge in [-0.1, -0.05) is 18.2 Å². The van der Waals surface area contributed by atoms with Gasteiger partial charge >= 0.3 is 12.1 Å². The second kappa shape index (κ2) is 6.30. The molecule has 28 heavy (non-hydrogen) atoms. The van der Waals surface area contributed by atoms with E-state index in [0.717, 1.165) is 11.5 Å². The van der Waals surface area contributed by atoms with Gasteiger partial charge in [0.2, 0.25) is 23.1 Å². The molecular weight excluding hydrogens is 379 g/mol. The van der Waals surface area contributed by atoms with Gasteiger partial charge in [-0.15, -0.1) is 0 Å². The quantitative estimate of drug-likeness (QED) is 0.786. The van der Waals surface area contributed by atoms with E-state index >= 15 is 0 Å². The molecule has 0 aliphatic carbocycles. The van der Waals surface area contributed by atoms with Gasteiger partial charge in [-0.2, -0.15) is 18.4 Å². The Kier molecular flexibility index (Phi) is 4.34. The molecule has 2 aromatic rings. The molecule has 2 heterocycles. The molecule has 0 spiro atoms. The Bertz CT molecular complexity index is 1080. The van der Waals surface area contributed by atoms with Gasteiger partial charge in [0.15, 0.2) is 0 Å². The van der Waals surface area contributed by atoms with E-state index in [4.69, 9.17) is 15.2 Å². The highest BCUT2D eigenvalue weighted by molar-refractivity contribution is 6.04. The zero-order valence-corrected chi connectivity index (χ0v) is 14.8. The fraction of sp³-hybridized carbons (Fsp3) is 0.278. The largest absolute Gasteiger partial charge is 0.465 e. The number of nitrogens with two attached hydrogens (primary N) is 1. The van der Waals surface area contributed by atoms with Gasteiger partial charge in [0, 0.05) is 12.3 Å². The molecule has 1 aromatic heterocycles. The Balaban J connectivity index is 2.61. The van der Waals surface area contributed by atoms with E-state index in [9.17, 15) is 28.0 Å². The number of benzene rings is 1. The number of hydrogen-bond donors (Lipinski definition) is 1. The van der Waals surface area contributed by atoms with Crippen molar-refractivity contribution in [2.75, 3.05) is 6.61 Å². The first-order valence-electron chi connectivity index (χ1n) is 8.09. The maximum absolute atomic E-state index is 14.5. The van der Waals surface area contributed by atoms with Crippen LogP contribution in [0.25, 0.3) is 10.9 Å². The summed E-state index contributed by atoms with van der Waals surface area (Å²) < 4.78 is 54.4. The third kappa shape index (κ3) is 2.29. The summed E-state index contributed by atoms with van der Waals surface area (Å²) in [6.45, 7) is 2.09. The van der Waals surface area contributed by atoms with Crippen molar-refractivity contribution in [2.45, 2.75) is 25.4 Å². The van der Waals surface area contributed by atoms with E-state index < -0.39 is 46.4 Å². The van der Waals surface area contributed by atoms with Crippen molar-refractivity contribution in [3.63, 3.8) is 0 Å². The van der Waals surface area contributed by atoms with E-state index in [2.05, 4.69) is 0 Å². The Morgan fingerprint density at radius 2 is 2.00 bits per heavy atom. The van der Waals surface area contributed by atoms with E-state index in [1.165, 1.54) is 37.3 Å². The zero-order chi connectivity index (χ0) is 20.9. The summed E-state index contributed by atoms with van der Waals surface area (Å²) >= 11 is 0. The van der Waals surface area contributed by atoms with E-state index in [0.29, 0.717) is 0 Å². The zero-order valence-electron chi connectivity index (χ0n) is 14.8. The van der Waals surface area contributed by atoms with Crippen LogP contribution >= 0.6 is 0 Å². The van der Waals surface area contributed by atoms with Crippen LogP contribution in [0.15, 0.2) is 35.7 Å². The molecule has 2 N–H and O–H groups in total. The molecule has 0 fully saturated rings. The van der Waals surface area contributed by atoms with E-state index in [1.54, 1.807) is 0 Å². The normalized spacial score (nSPS) is 19.0. The Morgan fingerprint density at radius 3 is 2.54 bits per heavy atom. The molecule has 1 atom stereocenters. The average Bonchev–Trinajstić information content (AvgIpc) is 2.93. The minimum atomic E-state index is -5.31. The molecule has 0 saturated carbocycles. The summed E-state index contributed by atoms with van der Waals surface area (Å²) in [6, 6.07) is 6.99. The van der Waals surface area contributed by atoms with Crippen molar-refractivity contribution >= 4 is 22.8 Å². The number of aromatic nitrogens is 1. The highest BCUT2D eigenvalue weighted by atomic mass is 19.4. The standard InChI is InChI=1S/C18H14F3N3O4/c1-3-27-16(26)17(18(19,20)21)11(8-22)14(23)28-15-13(17)10-6-4-5-7-12(10)24(15)9(2)25/h4-7H,3,23H2,1-2H3/t17-/m1/s1. The smallest absolute Gasteiger partial charge is 0.414 e. The highest BCUT2D eigenvalue weighted by Crippen LogP contribution is 2.56. The van der Waals surface area contributed by atoms with Crippen molar-refractivity contribution in [1.29, 1.82) is 5.26 Å². The third-order valence-electron chi connectivity index (χ3n) is 4.47. The number of hydrogen-bond acceptors (Lipinski definition) is 6. The highest BCUT2D eigenvalue weighted by Gasteiger charge is 2.70. The second-order valence-corrected chi connectivity index (χ2v) is 5.97. The van der Waals surface area contributed by atoms with Crippen LogP contribution in [0.5, 0.6) is 5.88 Å². The molecule has 10 heteroatoms. The first-order chi connectivity index (χ1) is 13.1. The first kappa shape index (κ1) is 19.3. The number of fused-ring (bicyclic) bond motifs is 3. The van der Waals surface area contributed by atoms with Gasteiger partial charge in [0.25, 0.3) is 0 Å². The van der Waals surface area contributed by atoms with Crippen molar-refractivity contribution in [3.8, 4) is 11.9 Å². The van der Waals surface area contributed by atoms with Gasteiger partial charge < -0.3 is 15.2 Å². The predicted octanol–water partition coefficient (Wildman–Crippen LogP) is 2.75. The first-order valence-corrected chi connectivity index (χ1v) is 8.09. The lowest BCUT2D eigenvalue weighted by atomic mass is 9.72. The van der Waals surface area contributed by atoms with Gasteiger partial charge in [-0.25, -0.2) is 4.57 Å². The minimum absolute atomic E-state index is 0.0740. The van der Waals surface area contributed by atoms with Crippen molar-refractivity contribution < 1.29 is 32.2 Å². The predicted molar refractivity (Wildman–Crippen MR) is 90.1 cm³/mol. The molecule has 3 rings (SSSR count). The molecule has 1 aliphatic heterocycles. The molecule has 0 unspecified atom stereocenters. The number of rotatable bonds is 2. The summed E-state index contributed by atoms with van der Waals surface area (Å²) in [5.74, 6) is -3.88. The summed E-state index contributed by atoms with van der Waals surface area (Å²) in [6.07, 6.45) is -5.31. The molecule has 0 amide bonds. The van der Waals surface area contributed by atoms with Crippen molar-refractivity contribution in [3.05, 3.63) is 41.3 Å². The minimum Gasteiger partial charge on any atom is -0.465 e. The molecule has 146 valence electrons. The number of nitriles is 1. The van der Waals surface area contributed by atoms with Crippen LogP contribution in [0.4, 0.5) is 13.2 Å². The Labute approximate surface area is 156 Å². The van der Waals surface area contributed by atoms with Gasteiger partial charge in [0.1, 0.15) is 11.6 Å². The fourth-order valence-corrected chi connectivity index (χ4v) is 3.43. The van der Waals surface area contributed by atoms with Crippen molar-refractivity contribution in [1.82, 2.24) is 4.57 Å². The molecule has 0 bridgehead atoms. The van der Waals surface area contributed by atoms with Crippen LogP contribution < -0.4 is 10.5 Å². The summed E-state index contributed by atoms with van der Waals surface area (Å²) in [4.78, 5) is 24.9. The third-order valence-corrected chi connectivity index (χ3v) is 4.47. The number of para-hydroxylation sites is 1. The summed E-state index contributed by atoms with van der Waals surface area (Å²) in [7, 11) is 0. The van der Waals surface area contributed by atoms with Crippen LogP contribution in [0.3, 0.4) is 0 Å². The molecule has 0 radical (unpaired) electrons. The monoisotopic (exact) mass is 393 g/mol. The Morgan fingerprint density at radius 1 is 1.36 bits per heavy atom. The summed E-state index contributed by atoms with van der Waals surface area (Å²) in [5, 5.41) is 9.36. The number of ether oxygens (including phenoxy) is 2. The molecular formula is C18H14F3N3O4. The number of nitrogens with zero attached hydrogens (tertiary/aromatic N) is 2. The number of alkyl halides is 3. The topological polar surface area (TPSA) is 107 Å².